The fourth-order valence-electron chi connectivity index (χ4n) is 1.63. The van der Waals surface area contributed by atoms with Crippen LogP contribution in [0, 0.1) is 0 Å². The molecule has 0 aliphatic carbocycles. The van der Waals surface area contributed by atoms with E-state index in [4.69, 9.17) is 4.74 Å². The number of hydrogen-bond acceptors (Lipinski definition) is 5. The third-order valence-corrected chi connectivity index (χ3v) is 3.60. The Kier molecular flexibility index (Phi) is 7.53. The number of benzene rings is 1. The van der Waals surface area contributed by atoms with Crippen LogP contribution in [0.1, 0.15) is 24.2 Å². The van der Waals surface area contributed by atoms with E-state index in [2.05, 4.69) is 5.32 Å². The summed E-state index contributed by atoms with van der Waals surface area (Å²) >= 11 is 1.30. The fraction of sp³-hybridized carbons (Fsp3) is 0.400. The van der Waals surface area contributed by atoms with Crippen molar-refractivity contribution in [2.24, 2.45) is 0 Å². The number of rotatable bonds is 8. The van der Waals surface area contributed by atoms with E-state index in [1.165, 1.54) is 18.7 Å². The van der Waals surface area contributed by atoms with Crippen molar-refractivity contribution in [2.45, 2.75) is 19.9 Å². The molecule has 0 spiro atoms. The summed E-state index contributed by atoms with van der Waals surface area (Å²) in [6.07, 6.45) is 0. The summed E-state index contributed by atoms with van der Waals surface area (Å²) in [5.74, 6) is -0.238. The zero-order chi connectivity index (χ0) is 15.7. The van der Waals surface area contributed by atoms with Crippen LogP contribution in [0.4, 0.5) is 0 Å². The minimum absolute atomic E-state index is 0.00830. The molecule has 1 rings (SSSR count). The third kappa shape index (κ3) is 6.44. The zero-order valence-electron chi connectivity index (χ0n) is 12.1. The van der Waals surface area contributed by atoms with Crippen LogP contribution in [0.15, 0.2) is 30.3 Å². The Morgan fingerprint density at radius 3 is 2.48 bits per heavy atom. The average Bonchev–Trinajstić information content (AvgIpc) is 2.46. The Hall–Kier alpha value is -1.82. The molecule has 1 N–H and O–H groups in total. The number of ether oxygens (including phenoxy) is 1. The van der Waals surface area contributed by atoms with Crippen molar-refractivity contribution in [2.75, 3.05) is 18.1 Å². The molecule has 0 aliphatic rings. The monoisotopic (exact) mass is 309 g/mol. The predicted molar refractivity (Wildman–Crippen MR) is 82.3 cm³/mol. The first-order valence-corrected chi connectivity index (χ1v) is 7.79. The second-order valence-corrected chi connectivity index (χ2v) is 5.34. The maximum atomic E-state index is 11.9. The molecule has 0 aliphatic heterocycles. The molecular formula is C15H19NO4S. The molecule has 0 unspecified atom stereocenters. The van der Waals surface area contributed by atoms with Gasteiger partial charge in [0.2, 0.25) is 5.91 Å². The van der Waals surface area contributed by atoms with Gasteiger partial charge in [0.15, 0.2) is 5.78 Å². The van der Waals surface area contributed by atoms with Gasteiger partial charge in [0.05, 0.1) is 12.4 Å². The van der Waals surface area contributed by atoms with Gasteiger partial charge in [-0.2, -0.15) is 11.8 Å². The van der Waals surface area contributed by atoms with Crippen LogP contribution in [-0.4, -0.2) is 41.8 Å². The van der Waals surface area contributed by atoms with E-state index in [1.807, 2.05) is 6.07 Å². The minimum Gasteiger partial charge on any atom is -0.464 e. The molecule has 0 saturated heterocycles. The lowest BCUT2D eigenvalue weighted by Gasteiger charge is -2.15. The Bertz CT molecular complexity index is 490. The van der Waals surface area contributed by atoms with E-state index in [-0.39, 0.29) is 24.1 Å². The molecule has 114 valence electrons. The van der Waals surface area contributed by atoms with Crippen LogP contribution < -0.4 is 5.32 Å². The van der Waals surface area contributed by atoms with Gasteiger partial charge in [0.25, 0.3) is 0 Å². The van der Waals surface area contributed by atoms with Crippen molar-refractivity contribution in [3.05, 3.63) is 35.9 Å². The summed E-state index contributed by atoms with van der Waals surface area (Å²) in [6.45, 7) is 3.29. The lowest BCUT2D eigenvalue weighted by Crippen LogP contribution is -2.42. The third-order valence-electron chi connectivity index (χ3n) is 2.56. The average molecular weight is 309 g/mol. The lowest BCUT2D eigenvalue weighted by atomic mass is 10.2. The van der Waals surface area contributed by atoms with Gasteiger partial charge in [0.1, 0.15) is 6.04 Å². The second-order valence-electron chi connectivity index (χ2n) is 4.31. The van der Waals surface area contributed by atoms with Crippen LogP contribution >= 0.6 is 11.8 Å². The number of amides is 1. The van der Waals surface area contributed by atoms with Crippen molar-refractivity contribution in [3.63, 3.8) is 0 Å². The van der Waals surface area contributed by atoms with Crippen LogP contribution in [0.2, 0.25) is 0 Å². The standard InChI is InChI=1S/C15H19NO4S/c1-3-20-15(19)13(16-11(2)17)9-21-10-14(18)12-7-5-4-6-8-12/h4-8,13H,3,9-10H2,1-2H3,(H,16,17)/t13-/m0/s1. The highest BCUT2D eigenvalue weighted by Gasteiger charge is 2.21. The predicted octanol–water partition coefficient (Wildman–Crippen LogP) is 1.67. The van der Waals surface area contributed by atoms with E-state index in [0.717, 1.165) is 0 Å². The first-order valence-electron chi connectivity index (χ1n) is 6.64. The lowest BCUT2D eigenvalue weighted by molar-refractivity contribution is -0.146. The molecule has 0 bridgehead atoms. The van der Waals surface area contributed by atoms with Crippen LogP contribution in [0.5, 0.6) is 0 Å². The number of thioether (sulfide) groups is 1. The number of nitrogens with one attached hydrogen (secondary N) is 1. The smallest absolute Gasteiger partial charge is 0.329 e. The van der Waals surface area contributed by atoms with Gasteiger partial charge in [-0.15, -0.1) is 0 Å². The van der Waals surface area contributed by atoms with Crippen LogP contribution in [0.25, 0.3) is 0 Å². The summed E-state index contributed by atoms with van der Waals surface area (Å²) in [7, 11) is 0. The highest BCUT2D eigenvalue weighted by Crippen LogP contribution is 2.09. The highest BCUT2D eigenvalue weighted by molar-refractivity contribution is 8.00. The van der Waals surface area contributed by atoms with Gasteiger partial charge in [-0.3, -0.25) is 9.59 Å². The molecule has 0 heterocycles. The Labute approximate surface area is 128 Å². The van der Waals surface area contributed by atoms with Crippen molar-refractivity contribution < 1.29 is 19.1 Å². The summed E-state index contributed by atoms with van der Waals surface area (Å²) in [4.78, 5) is 34.7. The first-order chi connectivity index (χ1) is 10.0. The number of ketones is 1. The van der Waals surface area contributed by atoms with E-state index in [0.29, 0.717) is 11.3 Å². The van der Waals surface area contributed by atoms with Crippen molar-refractivity contribution >= 4 is 29.4 Å². The minimum atomic E-state index is -0.726. The largest absolute Gasteiger partial charge is 0.464 e. The van der Waals surface area contributed by atoms with Crippen molar-refractivity contribution in [1.29, 1.82) is 0 Å². The van der Waals surface area contributed by atoms with Crippen molar-refractivity contribution in [1.82, 2.24) is 5.32 Å². The van der Waals surface area contributed by atoms with Gasteiger partial charge in [-0.25, -0.2) is 4.79 Å². The van der Waals surface area contributed by atoms with Crippen LogP contribution in [0.3, 0.4) is 0 Å². The Morgan fingerprint density at radius 2 is 1.90 bits per heavy atom. The van der Waals surface area contributed by atoms with E-state index in [1.54, 1.807) is 31.2 Å². The zero-order valence-corrected chi connectivity index (χ0v) is 12.9. The molecule has 1 aromatic rings. The number of hydrogen-bond donors (Lipinski definition) is 1. The molecule has 21 heavy (non-hydrogen) atoms. The quantitative estimate of drug-likeness (QED) is 0.584. The van der Waals surface area contributed by atoms with Crippen LogP contribution in [-0.2, 0) is 14.3 Å². The topological polar surface area (TPSA) is 72.5 Å². The van der Waals surface area contributed by atoms with Gasteiger partial charge in [-0.1, -0.05) is 30.3 Å². The molecule has 5 nitrogen and oxygen atoms in total. The molecule has 6 heteroatoms. The maximum Gasteiger partial charge on any atom is 0.329 e. The van der Waals surface area contributed by atoms with Gasteiger partial charge < -0.3 is 10.1 Å². The molecule has 1 amide bonds. The molecule has 0 radical (unpaired) electrons. The van der Waals surface area contributed by atoms with E-state index >= 15 is 0 Å². The number of carbonyl (C=O) groups excluding carboxylic acids is 3. The maximum absolute atomic E-state index is 11.9. The fourth-order valence-corrected chi connectivity index (χ4v) is 2.56. The van der Waals surface area contributed by atoms with E-state index < -0.39 is 12.0 Å². The molecule has 0 saturated carbocycles. The molecule has 1 aromatic carbocycles. The van der Waals surface area contributed by atoms with Gasteiger partial charge >= 0.3 is 5.97 Å². The number of esters is 1. The summed E-state index contributed by atoms with van der Waals surface area (Å²) < 4.78 is 4.90. The molecule has 1 atom stereocenters. The Balaban J connectivity index is 2.47. The Morgan fingerprint density at radius 1 is 1.24 bits per heavy atom. The van der Waals surface area contributed by atoms with Crippen molar-refractivity contribution in [3.8, 4) is 0 Å². The number of Topliss-reactive ketones (excluding diaryl/α,β-unsaturated/α-hetero) is 1. The first kappa shape index (κ1) is 17.2. The van der Waals surface area contributed by atoms with Gasteiger partial charge in [0, 0.05) is 18.2 Å². The summed E-state index contributed by atoms with van der Waals surface area (Å²) in [5, 5.41) is 2.53. The molecule has 0 fully saturated rings. The second kappa shape index (κ2) is 9.18. The molecule has 0 aromatic heterocycles. The SMILES string of the molecule is CCOC(=O)[C@H](CSCC(=O)c1ccccc1)NC(C)=O. The molecular weight excluding hydrogens is 290 g/mol. The van der Waals surface area contributed by atoms with E-state index in [9.17, 15) is 14.4 Å². The summed E-state index contributed by atoms with van der Waals surface area (Å²) in [5.41, 5.74) is 0.636. The normalized spacial score (nSPS) is 11.5. The van der Waals surface area contributed by atoms with Gasteiger partial charge in [-0.05, 0) is 6.92 Å². The summed E-state index contributed by atoms with van der Waals surface area (Å²) in [6, 6.07) is 8.22. The number of carbonyl (C=O) groups is 3. The highest BCUT2D eigenvalue weighted by atomic mass is 32.2.